The van der Waals surface area contributed by atoms with Crippen LogP contribution in [0.15, 0.2) is 36.1 Å². The molecule has 0 amide bonds. The van der Waals surface area contributed by atoms with Crippen LogP contribution < -0.4 is 0 Å². The quantitative estimate of drug-likeness (QED) is 0.308. The highest BCUT2D eigenvalue weighted by atomic mass is 16.4. The van der Waals surface area contributed by atoms with Crippen molar-refractivity contribution in [2.24, 2.45) is 0 Å². The predicted octanol–water partition coefficient (Wildman–Crippen LogP) is 2.14. The van der Waals surface area contributed by atoms with E-state index >= 15 is 0 Å². The average Bonchev–Trinajstić information content (AvgIpc) is 2.69. The number of rotatable bonds is 12. The van der Waals surface area contributed by atoms with E-state index in [0.717, 1.165) is 6.42 Å². The SMILES string of the molecule is CCCCC(O)[C@H](O)[C@](O)(CCCC)[C@H](O)[C@H](O)C(O)=Cc1ccccc1. The second-order valence-corrected chi connectivity index (χ2v) is 7.12. The molecule has 5 atom stereocenters. The maximum atomic E-state index is 11.0. The van der Waals surface area contributed by atoms with Crippen LogP contribution in [-0.4, -0.2) is 60.7 Å². The molecule has 0 bridgehead atoms. The first-order chi connectivity index (χ1) is 12.8. The van der Waals surface area contributed by atoms with Gasteiger partial charge in [0.15, 0.2) is 0 Å². The summed E-state index contributed by atoms with van der Waals surface area (Å²) in [6.07, 6.45) is -2.41. The summed E-state index contributed by atoms with van der Waals surface area (Å²) in [7, 11) is 0. The van der Waals surface area contributed by atoms with Gasteiger partial charge in [0, 0.05) is 0 Å². The molecule has 6 heteroatoms. The summed E-state index contributed by atoms with van der Waals surface area (Å²) >= 11 is 0. The first-order valence-corrected chi connectivity index (χ1v) is 9.68. The monoisotopic (exact) mass is 382 g/mol. The van der Waals surface area contributed by atoms with E-state index in [4.69, 9.17) is 0 Å². The molecular weight excluding hydrogens is 348 g/mol. The predicted molar refractivity (Wildman–Crippen MR) is 105 cm³/mol. The van der Waals surface area contributed by atoms with Gasteiger partial charge in [-0.2, -0.15) is 0 Å². The number of benzene rings is 1. The van der Waals surface area contributed by atoms with E-state index in [1.165, 1.54) is 6.08 Å². The molecule has 0 spiro atoms. The van der Waals surface area contributed by atoms with Crippen LogP contribution in [0.5, 0.6) is 0 Å². The highest BCUT2D eigenvalue weighted by molar-refractivity contribution is 5.51. The van der Waals surface area contributed by atoms with Crippen molar-refractivity contribution in [3.05, 3.63) is 41.7 Å². The Morgan fingerprint density at radius 2 is 1.56 bits per heavy atom. The van der Waals surface area contributed by atoms with Gasteiger partial charge in [0.2, 0.25) is 0 Å². The van der Waals surface area contributed by atoms with E-state index in [2.05, 4.69) is 0 Å². The van der Waals surface area contributed by atoms with Gasteiger partial charge in [-0.05, 0) is 24.5 Å². The molecule has 27 heavy (non-hydrogen) atoms. The molecule has 154 valence electrons. The van der Waals surface area contributed by atoms with Crippen molar-refractivity contribution in [1.82, 2.24) is 0 Å². The Kier molecular flexibility index (Phi) is 9.98. The van der Waals surface area contributed by atoms with Crippen LogP contribution >= 0.6 is 0 Å². The van der Waals surface area contributed by atoms with Gasteiger partial charge in [-0.1, -0.05) is 69.9 Å². The Labute approximate surface area is 161 Å². The Balaban J connectivity index is 3.03. The van der Waals surface area contributed by atoms with Crippen molar-refractivity contribution in [2.75, 3.05) is 0 Å². The molecule has 0 saturated heterocycles. The summed E-state index contributed by atoms with van der Waals surface area (Å²) in [4.78, 5) is 0. The van der Waals surface area contributed by atoms with Gasteiger partial charge in [0.05, 0.1) is 6.10 Å². The van der Waals surface area contributed by atoms with Crippen LogP contribution in [0.2, 0.25) is 0 Å². The third kappa shape index (κ3) is 6.59. The van der Waals surface area contributed by atoms with Crippen molar-refractivity contribution in [1.29, 1.82) is 0 Å². The van der Waals surface area contributed by atoms with Gasteiger partial charge in [0.25, 0.3) is 0 Å². The second kappa shape index (κ2) is 11.4. The van der Waals surface area contributed by atoms with Crippen LogP contribution in [0.25, 0.3) is 6.08 Å². The van der Waals surface area contributed by atoms with E-state index in [9.17, 15) is 30.6 Å². The first kappa shape index (κ1) is 23.6. The lowest BCUT2D eigenvalue weighted by molar-refractivity contribution is -0.202. The summed E-state index contributed by atoms with van der Waals surface area (Å²) in [5, 5.41) is 62.8. The number of unbranched alkanes of at least 4 members (excludes halogenated alkanes) is 2. The zero-order valence-corrected chi connectivity index (χ0v) is 16.2. The molecular formula is C21H34O6. The molecule has 0 fully saturated rings. The van der Waals surface area contributed by atoms with Gasteiger partial charge in [-0.15, -0.1) is 0 Å². The molecule has 6 nitrogen and oxygen atoms in total. The van der Waals surface area contributed by atoms with Gasteiger partial charge in [-0.25, -0.2) is 0 Å². The zero-order chi connectivity index (χ0) is 20.4. The average molecular weight is 382 g/mol. The minimum Gasteiger partial charge on any atom is -0.509 e. The maximum absolute atomic E-state index is 11.0. The molecule has 0 saturated carbocycles. The largest absolute Gasteiger partial charge is 0.509 e. The number of hydrogen-bond donors (Lipinski definition) is 6. The first-order valence-electron chi connectivity index (χ1n) is 9.68. The van der Waals surface area contributed by atoms with Gasteiger partial charge in [0.1, 0.15) is 29.7 Å². The Morgan fingerprint density at radius 1 is 0.963 bits per heavy atom. The molecule has 0 aliphatic carbocycles. The van der Waals surface area contributed by atoms with Gasteiger partial charge in [-0.3, -0.25) is 0 Å². The van der Waals surface area contributed by atoms with E-state index in [0.29, 0.717) is 24.8 Å². The zero-order valence-electron chi connectivity index (χ0n) is 16.2. The fourth-order valence-electron chi connectivity index (χ4n) is 3.08. The van der Waals surface area contributed by atoms with Crippen molar-refractivity contribution >= 4 is 6.08 Å². The lowest BCUT2D eigenvalue weighted by atomic mass is 9.79. The molecule has 1 rings (SSSR count). The molecule has 0 aliphatic rings. The molecule has 0 aromatic heterocycles. The Hall–Kier alpha value is -1.44. The molecule has 0 aliphatic heterocycles. The lowest BCUT2D eigenvalue weighted by Gasteiger charge is -2.40. The van der Waals surface area contributed by atoms with Crippen molar-refractivity contribution in [3.63, 3.8) is 0 Å². The van der Waals surface area contributed by atoms with E-state index < -0.39 is 35.8 Å². The molecule has 1 aromatic rings. The Bertz CT molecular complexity index is 561. The molecule has 0 heterocycles. The molecule has 6 N–H and O–H groups in total. The van der Waals surface area contributed by atoms with Gasteiger partial charge >= 0.3 is 0 Å². The van der Waals surface area contributed by atoms with Crippen LogP contribution in [0.4, 0.5) is 0 Å². The minimum absolute atomic E-state index is 0.0231. The van der Waals surface area contributed by atoms with Crippen molar-refractivity contribution < 1.29 is 30.6 Å². The van der Waals surface area contributed by atoms with Crippen LogP contribution in [0, 0.1) is 0 Å². The third-order valence-corrected chi connectivity index (χ3v) is 4.89. The highest BCUT2D eigenvalue weighted by Crippen LogP contribution is 2.30. The summed E-state index contributed by atoms with van der Waals surface area (Å²) < 4.78 is 0. The number of aliphatic hydroxyl groups excluding tert-OH is 5. The highest BCUT2D eigenvalue weighted by Gasteiger charge is 2.48. The summed E-state index contributed by atoms with van der Waals surface area (Å²) in [6.45, 7) is 3.82. The summed E-state index contributed by atoms with van der Waals surface area (Å²) in [5.41, 5.74) is -1.54. The van der Waals surface area contributed by atoms with E-state index in [-0.39, 0.29) is 12.8 Å². The van der Waals surface area contributed by atoms with Gasteiger partial charge < -0.3 is 30.6 Å². The standard InChI is InChI=1S/C21H34O6/c1-3-5-12-16(22)19(25)21(27,13-6-4-2)20(26)18(24)17(23)14-15-10-8-7-9-11-15/h7-11,14,16,18-20,22-27H,3-6,12-13H2,1-2H3/t16?,18-,19+,20-,21-/m1/s1. The molecule has 0 radical (unpaired) electrons. The maximum Gasteiger partial charge on any atom is 0.139 e. The fraction of sp³-hybridized carbons (Fsp3) is 0.619. The van der Waals surface area contributed by atoms with Crippen molar-refractivity contribution in [3.8, 4) is 0 Å². The second-order valence-electron chi connectivity index (χ2n) is 7.12. The molecule has 1 unspecified atom stereocenters. The van der Waals surface area contributed by atoms with E-state index in [1.54, 1.807) is 30.3 Å². The number of hydrogen-bond acceptors (Lipinski definition) is 6. The minimum atomic E-state index is -2.15. The molecule has 1 aromatic carbocycles. The van der Waals surface area contributed by atoms with E-state index in [1.807, 2.05) is 13.8 Å². The Morgan fingerprint density at radius 3 is 2.11 bits per heavy atom. The summed E-state index contributed by atoms with van der Waals surface area (Å²) in [6, 6.07) is 8.74. The van der Waals surface area contributed by atoms with Crippen LogP contribution in [0.3, 0.4) is 0 Å². The number of aliphatic hydroxyl groups is 6. The van der Waals surface area contributed by atoms with Crippen molar-refractivity contribution in [2.45, 2.75) is 82.4 Å². The smallest absolute Gasteiger partial charge is 0.139 e. The summed E-state index contributed by atoms with van der Waals surface area (Å²) in [5.74, 6) is -0.529. The topological polar surface area (TPSA) is 121 Å². The fourth-order valence-corrected chi connectivity index (χ4v) is 3.08. The lowest BCUT2D eigenvalue weighted by Crippen LogP contribution is -2.60. The van der Waals surface area contributed by atoms with Crippen LogP contribution in [0.1, 0.15) is 57.9 Å². The third-order valence-electron chi connectivity index (χ3n) is 4.89. The van der Waals surface area contributed by atoms with Crippen LogP contribution in [-0.2, 0) is 0 Å². The normalized spacial score (nSPS) is 19.1.